The van der Waals surface area contributed by atoms with Crippen LogP contribution in [-0.2, 0) is 28.3 Å². The number of thioether (sulfide) groups is 1. The lowest BCUT2D eigenvalue weighted by Gasteiger charge is -2.51. The predicted molar refractivity (Wildman–Crippen MR) is 207 cm³/mol. The molecule has 7 nitrogen and oxygen atoms in total. The molecule has 0 bridgehead atoms. The molecule has 3 aromatic rings. The molecule has 0 aromatic heterocycles. The summed E-state index contributed by atoms with van der Waals surface area (Å²) in [6.07, 6.45) is -0.487. The molecule has 0 saturated carbocycles. The van der Waals surface area contributed by atoms with Crippen molar-refractivity contribution in [2.24, 2.45) is 5.92 Å². The number of methoxy groups -OCH3 is 1. The Morgan fingerprint density at radius 3 is 1.67 bits per heavy atom. The van der Waals surface area contributed by atoms with Crippen molar-refractivity contribution in [2.45, 2.75) is 78.1 Å². The number of hydrogen-bond acceptors (Lipinski definition) is 7. The Labute approximate surface area is 297 Å². The first kappa shape index (κ1) is 38.4. The lowest BCUT2D eigenvalue weighted by Crippen LogP contribution is -2.65. The summed E-state index contributed by atoms with van der Waals surface area (Å²) in [5.41, 5.74) is 0.808. The second-order valence-electron chi connectivity index (χ2n) is 13.9. The Kier molecular flexibility index (Phi) is 12.3. The average Bonchev–Trinajstić information content (AvgIpc) is 3.06. The molecule has 262 valence electrons. The fourth-order valence-electron chi connectivity index (χ4n) is 5.96. The van der Waals surface area contributed by atoms with Gasteiger partial charge in [-0.25, -0.2) is 9.59 Å². The zero-order chi connectivity index (χ0) is 36.1. The van der Waals surface area contributed by atoms with Gasteiger partial charge < -0.3 is 13.9 Å². The van der Waals surface area contributed by atoms with Crippen LogP contribution >= 0.6 is 18.6 Å². The number of benzene rings is 3. The second-order valence-corrected chi connectivity index (χ2v) is 23.4. The van der Waals surface area contributed by atoms with Crippen LogP contribution in [0.3, 0.4) is 0 Å². The molecular weight excluding hydrogens is 670 g/mol. The van der Waals surface area contributed by atoms with E-state index in [0.29, 0.717) is 10.2 Å². The minimum absolute atomic E-state index is 0.0930. The van der Waals surface area contributed by atoms with Gasteiger partial charge in [0.2, 0.25) is 5.91 Å². The predicted octanol–water partition coefficient (Wildman–Crippen LogP) is 7.07. The van der Waals surface area contributed by atoms with Crippen molar-refractivity contribution in [3.05, 3.63) is 102 Å². The number of rotatable bonds is 12. The standard InChI is InChI=1S/C39H50NO6PSSi/c1-11-45-37(43)38(47(29-21-15-12-16-22-29,30-23-17-13-18-24-30)31-25-19-14-20-26-31)48-35-32(28(4)46-49(9,10)39(5,6)7)34(41)40(35)33(27(2)3)36(42)44-8/h12-26,28,32,35H,11H2,1-10H3/t28-,32+,35-/m1/s1. The van der Waals surface area contributed by atoms with Crippen molar-refractivity contribution in [1.82, 2.24) is 4.90 Å². The Bertz CT molecular complexity index is 1630. The molecule has 4 rings (SSSR count). The molecule has 1 fully saturated rings. The minimum atomic E-state index is -2.93. The number of β-lactam (4-membered cyclic amide) rings is 1. The summed E-state index contributed by atoms with van der Waals surface area (Å²) in [6, 6.07) is 30.2. The zero-order valence-corrected chi connectivity index (χ0v) is 33.1. The van der Waals surface area contributed by atoms with Crippen molar-refractivity contribution >= 4 is 65.4 Å². The molecule has 1 amide bonds. The van der Waals surface area contributed by atoms with Crippen molar-refractivity contribution in [2.75, 3.05) is 13.7 Å². The van der Waals surface area contributed by atoms with Gasteiger partial charge in [0.05, 0.1) is 25.7 Å². The van der Waals surface area contributed by atoms with Crippen LogP contribution in [0.25, 0.3) is 0 Å². The normalized spacial score (nSPS) is 17.1. The molecule has 1 heterocycles. The molecule has 0 radical (unpaired) electrons. The molecule has 0 spiro atoms. The van der Waals surface area contributed by atoms with E-state index in [1.807, 2.05) is 61.5 Å². The number of ether oxygens (including phenoxy) is 2. The van der Waals surface area contributed by atoms with Gasteiger partial charge in [0, 0.05) is 0 Å². The van der Waals surface area contributed by atoms with Gasteiger partial charge in [0.25, 0.3) is 0 Å². The lowest BCUT2D eigenvalue weighted by atomic mass is 9.91. The topological polar surface area (TPSA) is 82.1 Å². The van der Waals surface area contributed by atoms with E-state index in [4.69, 9.17) is 13.9 Å². The third kappa shape index (κ3) is 7.56. The third-order valence-corrected chi connectivity index (χ3v) is 20.2. The lowest BCUT2D eigenvalue weighted by molar-refractivity contribution is -0.157. The number of allylic oxidation sites excluding steroid dienone is 1. The van der Waals surface area contributed by atoms with Crippen LogP contribution in [0.1, 0.15) is 48.5 Å². The summed E-state index contributed by atoms with van der Waals surface area (Å²) in [7, 11) is -1.01. The van der Waals surface area contributed by atoms with E-state index in [9.17, 15) is 14.4 Å². The fraction of sp³-hybridized carbons (Fsp3) is 0.385. The summed E-state index contributed by atoms with van der Waals surface area (Å²) in [5, 5.41) is 2.16. The highest BCUT2D eigenvalue weighted by Gasteiger charge is 2.56. The van der Waals surface area contributed by atoms with Gasteiger partial charge in [-0.1, -0.05) is 124 Å². The summed E-state index contributed by atoms with van der Waals surface area (Å²) in [5.74, 6) is -1.95. The maximum absolute atomic E-state index is 14.6. The number of nitrogens with zero attached hydrogens (tertiary/aromatic N) is 1. The summed E-state index contributed by atoms with van der Waals surface area (Å²) < 4.78 is 18.4. The van der Waals surface area contributed by atoms with Gasteiger partial charge in [0.15, 0.2) is 8.32 Å². The first-order chi connectivity index (χ1) is 23.1. The maximum atomic E-state index is 14.6. The van der Waals surface area contributed by atoms with E-state index in [2.05, 4.69) is 70.3 Å². The van der Waals surface area contributed by atoms with Crippen molar-refractivity contribution in [3.63, 3.8) is 0 Å². The highest BCUT2D eigenvalue weighted by molar-refractivity contribution is 8.27. The average molecular weight is 720 g/mol. The number of hydrogen-bond donors (Lipinski definition) is 0. The van der Waals surface area contributed by atoms with Crippen molar-refractivity contribution < 1.29 is 28.3 Å². The first-order valence-corrected chi connectivity index (χ1v) is 22.2. The van der Waals surface area contributed by atoms with Gasteiger partial charge >= 0.3 is 11.9 Å². The van der Waals surface area contributed by atoms with Gasteiger partial charge in [-0.05, 0) is 74.2 Å². The largest absolute Gasteiger partial charge is 0.464 e. The van der Waals surface area contributed by atoms with E-state index in [1.165, 1.54) is 23.8 Å². The zero-order valence-electron chi connectivity index (χ0n) is 30.4. The smallest absolute Gasteiger partial charge is 0.354 e. The molecule has 0 unspecified atom stereocenters. The van der Waals surface area contributed by atoms with E-state index in [1.54, 1.807) is 20.8 Å². The van der Waals surface area contributed by atoms with Crippen LogP contribution in [0.5, 0.6) is 0 Å². The van der Waals surface area contributed by atoms with E-state index in [0.717, 1.165) is 15.9 Å². The Hall–Kier alpha value is -3.36. The van der Waals surface area contributed by atoms with Crippen molar-refractivity contribution in [3.8, 4) is 0 Å². The Balaban J connectivity index is 2.11. The van der Waals surface area contributed by atoms with Crippen LogP contribution in [-0.4, -0.2) is 60.9 Å². The second kappa shape index (κ2) is 15.7. The number of carbonyl (C=O) groups is 3. The summed E-state index contributed by atoms with van der Waals surface area (Å²) in [4.78, 5) is 43.8. The van der Waals surface area contributed by atoms with Crippen LogP contribution in [0, 0.1) is 5.92 Å². The van der Waals surface area contributed by atoms with Gasteiger partial charge in [-0.3, -0.25) is 9.69 Å². The third-order valence-electron chi connectivity index (χ3n) is 9.39. The summed E-state index contributed by atoms with van der Waals surface area (Å²) in [6.45, 7) is 15.4. The molecule has 0 aliphatic carbocycles. The highest BCUT2D eigenvalue weighted by Crippen LogP contribution is 2.53. The maximum Gasteiger partial charge on any atom is 0.354 e. The molecule has 1 aliphatic rings. The van der Waals surface area contributed by atoms with Crippen LogP contribution in [0.15, 0.2) is 102 Å². The van der Waals surface area contributed by atoms with E-state index < -0.39 is 44.5 Å². The molecule has 1 saturated heterocycles. The number of likely N-dealkylation sites (tertiary alicyclic amines) is 1. The molecule has 10 heteroatoms. The summed E-state index contributed by atoms with van der Waals surface area (Å²) >= 11 is 1.32. The van der Waals surface area contributed by atoms with E-state index in [-0.39, 0.29) is 23.2 Å². The SMILES string of the molecule is CCOC(=O)C(S[C@@H]1[C@@H]([C@@H](C)O[Si](C)(C)C(C)(C)C)C(=O)N1C(C(=O)OC)=C(C)C)=P(c1ccccc1)(c1ccccc1)c1ccccc1. The van der Waals surface area contributed by atoms with Crippen LogP contribution in [0.2, 0.25) is 18.1 Å². The minimum Gasteiger partial charge on any atom is -0.464 e. The quantitative estimate of drug-likeness (QED) is 0.0652. The number of esters is 2. The van der Waals surface area contributed by atoms with Gasteiger partial charge in [-0.2, -0.15) is 0 Å². The van der Waals surface area contributed by atoms with Crippen LogP contribution in [0.4, 0.5) is 0 Å². The highest BCUT2D eigenvalue weighted by atomic mass is 32.2. The van der Waals surface area contributed by atoms with Crippen molar-refractivity contribution in [1.29, 1.82) is 0 Å². The fourth-order valence-corrected chi connectivity index (χ4v) is 14.3. The molecule has 3 aromatic carbocycles. The van der Waals surface area contributed by atoms with Gasteiger partial charge in [-0.15, -0.1) is 0 Å². The van der Waals surface area contributed by atoms with E-state index >= 15 is 0 Å². The molecule has 0 N–H and O–H groups in total. The number of amides is 1. The Morgan fingerprint density at radius 1 is 0.857 bits per heavy atom. The first-order valence-electron chi connectivity index (χ1n) is 16.7. The molecular formula is C39H50NO6PSSi. The van der Waals surface area contributed by atoms with Crippen LogP contribution < -0.4 is 15.9 Å². The molecule has 1 aliphatic heterocycles. The van der Waals surface area contributed by atoms with Gasteiger partial charge in [0.1, 0.15) is 15.7 Å². The molecule has 49 heavy (non-hydrogen) atoms. The Morgan fingerprint density at radius 2 is 1.31 bits per heavy atom. The monoisotopic (exact) mass is 719 g/mol. The number of carbonyl (C=O) groups excluding carboxylic acids is 3. The molecule has 3 atom stereocenters.